The van der Waals surface area contributed by atoms with Crippen molar-refractivity contribution in [1.82, 2.24) is 26.6 Å². The second-order valence-electron chi connectivity index (χ2n) is 15.7. The van der Waals surface area contributed by atoms with Gasteiger partial charge in [0.25, 0.3) is 0 Å². The quantitative estimate of drug-likeness (QED) is 0.0887. The van der Waals surface area contributed by atoms with Crippen LogP contribution < -0.4 is 32.3 Å². The van der Waals surface area contributed by atoms with E-state index in [1.165, 1.54) is 0 Å². The van der Waals surface area contributed by atoms with Crippen LogP contribution in [0.15, 0.2) is 30.3 Å². The summed E-state index contributed by atoms with van der Waals surface area (Å²) in [6.45, 7) is 18.7. The summed E-state index contributed by atoms with van der Waals surface area (Å²) < 4.78 is 0. The van der Waals surface area contributed by atoms with Gasteiger partial charge in [0.15, 0.2) is 0 Å². The molecule has 0 saturated heterocycles. The summed E-state index contributed by atoms with van der Waals surface area (Å²) in [6, 6.07) is 3.80. The maximum Gasteiger partial charge on any atom is 0.326 e. The average Bonchev–Trinajstić information content (AvgIpc) is 3.03. The molecule has 1 aromatic carbocycles. The van der Waals surface area contributed by atoms with Gasteiger partial charge in [-0.05, 0) is 54.4 Å². The van der Waals surface area contributed by atoms with Gasteiger partial charge >= 0.3 is 5.97 Å². The van der Waals surface area contributed by atoms with Gasteiger partial charge in [-0.25, -0.2) is 4.79 Å². The van der Waals surface area contributed by atoms with Crippen molar-refractivity contribution in [3.8, 4) is 0 Å². The second kappa shape index (κ2) is 22.8. The molecule has 0 unspecified atom stereocenters. The highest BCUT2D eigenvalue weighted by Crippen LogP contribution is 2.14. The van der Waals surface area contributed by atoms with Crippen LogP contribution in [0.25, 0.3) is 0 Å². The predicted octanol–water partition coefficient (Wildman–Crippen LogP) is 3.30. The highest BCUT2D eigenvalue weighted by molar-refractivity contribution is 5.93. The highest BCUT2D eigenvalue weighted by atomic mass is 16.4. The first-order chi connectivity index (χ1) is 24.2. The lowest BCUT2D eigenvalue weighted by Gasteiger charge is -2.31. The zero-order valence-corrected chi connectivity index (χ0v) is 33.0. The van der Waals surface area contributed by atoms with Gasteiger partial charge in [0.1, 0.15) is 24.2 Å². The summed E-state index contributed by atoms with van der Waals surface area (Å²) in [4.78, 5) is 78.5. The summed E-state index contributed by atoms with van der Waals surface area (Å²) in [7, 11) is 0. The summed E-state index contributed by atoms with van der Waals surface area (Å²) in [5, 5.41) is 23.7. The molecule has 0 fully saturated rings. The van der Waals surface area contributed by atoms with Gasteiger partial charge in [-0.2, -0.15) is 0 Å². The van der Waals surface area contributed by atoms with E-state index in [1.54, 1.807) is 20.8 Å². The summed E-state index contributed by atoms with van der Waals surface area (Å²) >= 11 is 0. The third kappa shape index (κ3) is 17.0. The molecular formula is C39H66N6O7. The first-order valence-corrected chi connectivity index (χ1v) is 18.8. The molecule has 0 heterocycles. The number of carboxylic acids is 1. The molecule has 0 radical (unpaired) electrons. The molecule has 1 rings (SSSR count). The summed E-state index contributed by atoms with van der Waals surface area (Å²) in [5.74, 6) is -3.86. The van der Waals surface area contributed by atoms with E-state index in [2.05, 4.69) is 26.6 Å². The number of carbonyl (C=O) groups is 6. The lowest BCUT2D eigenvalue weighted by molar-refractivity contribution is -0.143. The van der Waals surface area contributed by atoms with E-state index in [4.69, 9.17) is 5.73 Å². The summed E-state index contributed by atoms with van der Waals surface area (Å²) in [5.41, 5.74) is 7.50. The molecule has 52 heavy (non-hydrogen) atoms. The normalized spacial score (nSPS) is 15.6. The fourth-order valence-electron chi connectivity index (χ4n) is 5.81. The fraction of sp³-hybridized carbons (Fsp3) is 0.692. The van der Waals surface area contributed by atoms with Gasteiger partial charge in [-0.1, -0.05) is 106 Å². The van der Waals surface area contributed by atoms with Crippen LogP contribution in [0.2, 0.25) is 0 Å². The standard InChI is InChI=1S/C39H66N6O7/c1-11-26(10)35(38(50)43-31(39(51)52)18-23(4)5)44-33(47)21-28(40)29(20-27-15-13-12-14-16-27)42-37(49)34(25(8)9)45-36(48)30(17-22(2)3)41-32(46)19-24(6)7/h12-16,22-26,28-31,34-35H,11,17-21,40H2,1-10H3,(H,41,46)(H,42,49)(H,43,50)(H,44,47)(H,45,48)(H,51,52)/t26-,28-,29-,30-,31-,34-,35-/m0/s1. The van der Waals surface area contributed by atoms with Crippen LogP contribution in [0.1, 0.15) is 107 Å². The van der Waals surface area contributed by atoms with Gasteiger partial charge in [-0.15, -0.1) is 0 Å². The van der Waals surface area contributed by atoms with Crippen LogP contribution in [0.3, 0.4) is 0 Å². The highest BCUT2D eigenvalue weighted by Gasteiger charge is 2.34. The molecule has 0 spiro atoms. The number of amides is 5. The van der Waals surface area contributed by atoms with Gasteiger partial charge in [0.2, 0.25) is 29.5 Å². The van der Waals surface area contributed by atoms with Crippen molar-refractivity contribution >= 4 is 35.5 Å². The molecule has 8 N–H and O–H groups in total. The van der Waals surface area contributed by atoms with Gasteiger partial charge < -0.3 is 37.4 Å². The molecule has 0 aromatic heterocycles. The number of hydrogen-bond acceptors (Lipinski definition) is 7. The lowest BCUT2D eigenvalue weighted by atomic mass is 9.94. The number of nitrogens with two attached hydrogens (primary N) is 1. The van der Waals surface area contributed by atoms with Crippen molar-refractivity contribution in [3.63, 3.8) is 0 Å². The first kappa shape index (κ1) is 46.0. The molecule has 13 nitrogen and oxygen atoms in total. The zero-order chi connectivity index (χ0) is 39.7. The number of nitrogens with one attached hydrogen (secondary N) is 5. The molecule has 1 aromatic rings. The number of benzene rings is 1. The number of carboxylic acid groups (broad SMARTS) is 1. The van der Waals surface area contributed by atoms with E-state index in [-0.39, 0.29) is 61.2 Å². The van der Waals surface area contributed by atoms with Crippen molar-refractivity contribution < 1.29 is 33.9 Å². The number of carbonyl (C=O) groups excluding carboxylic acids is 5. The Morgan fingerprint density at radius 2 is 1.17 bits per heavy atom. The molecule has 0 bridgehead atoms. The largest absolute Gasteiger partial charge is 0.480 e. The summed E-state index contributed by atoms with van der Waals surface area (Å²) in [6.07, 6.45) is 1.47. The van der Waals surface area contributed by atoms with Gasteiger partial charge in [0.05, 0.1) is 0 Å². The number of hydrogen-bond donors (Lipinski definition) is 7. The Morgan fingerprint density at radius 3 is 1.67 bits per heavy atom. The van der Waals surface area contributed by atoms with E-state index >= 15 is 0 Å². The average molecular weight is 731 g/mol. The Kier molecular flexibility index (Phi) is 20.2. The maximum atomic E-state index is 13.9. The molecule has 5 amide bonds. The molecule has 13 heteroatoms. The Hall–Kier alpha value is -4.00. The van der Waals surface area contributed by atoms with Crippen molar-refractivity contribution in [1.29, 1.82) is 0 Å². The minimum atomic E-state index is -1.15. The monoisotopic (exact) mass is 730 g/mol. The maximum absolute atomic E-state index is 13.9. The van der Waals surface area contributed by atoms with Gasteiger partial charge in [0, 0.05) is 24.9 Å². The second-order valence-corrected chi connectivity index (χ2v) is 15.7. The molecule has 0 aliphatic rings. The smallest absolute Gasteiger partial charge is 0.326 e. The molecule has 0 saturated carbocycles. The molecular weight excluding hydrogens is 664 g/mol. The van der Waals surface area contributed by atoms with Crippen molar-refractivity contribution in [3.05, 3.63) is 35.9 Å². The Morgan fingerprint density at radius 1 is 0.635 bits per heavy atom. The predicted molar refractivity (Wildman–Crippen MR) is 203 cm³/mol. The lowest BCUT2D eigenvalue weighted by Crippen LogP contribution is -2.60. The topological polar surface area (TPSA) is 209 Å². The SMILES string of the molecule is CC[C@H](C)[C@H](NC(=O)C[C@H](N)[C@H](Cc1ccccc1)NC(=O)[C@@H](NC(=O)[C@H](CC(C)C)NC(=O)CC(C)C)C(C)C)C(=O)N[C@@H](CC(C)C)C(=O)O. The van der Waals surface area contributed by atoms with Crippen molar-refractivity contribution in [2.45, 2.75) is 144 Å². The Bertz CT molecular complexity index is 1300. The number of rotatable bonds is 23. The first-order valence-electron chi connectivity index (χ1n) is 18.8. The van der Waals surface area contributed by atoms with Crippen molar-refractivity contribution in [2.24, 2.45) is 35.3 Å². The minimum Gasteiger partial charge on any atom is -0.480 e. The Balaban J connectivity index is 3.24. The van der Waals surface area contributed by atoms with E-state index in [1.807, 2.05) is 78.8 Å². The van der Waals surface area contributed by atoms with Crippen LogP contribution in [0, 0.1) is 29.6 Å². The van der Waals surface area contributed by atoms with Crippen LogP contribution in [-0.4, -0.2) is 76.9 Å². The van der Waals surface area contributed by atoms with E-state index < -0.39 is 65.8 Å². The third-order valence-electron chi connectivity index (χ3n) is 8.90. The van der Waals surface area contributed by atoms with Crippen molar-refractivity contribution in [2.75, 3.05) is 0 Å². The molecule has 0 aliphatic heterocycles. The van der Waals surface area contributed by atoms with Crippen LogP contribution in [-0.2, 0) is 35.2 Å². The fourth-order valence-corrected chi connectivity index (χ4v) is 5.81. The number of aliphatic carboxylic acids is 1. The zero-order valence-electron chi connectivity index (χ0n) is 33.0. The third-order valence-corrected chi connectivity index (χ3v) is 8.90. The molecule has 7 atom stereocenters. The van der Waals surface area contributed by atoms with Gasteiger partial charge in [-0.3, -0.25) is 24.0 Å². The Labute approximate surface area is 310 Å². The van der Waals surface area contributed by atoms with Crippen LogP contribution >= 0.6 is 0 Å². The van der Waals surface area contributed by atoms with E-state index in [0.717, 1.165) is 5.56 Å². The van der Waals surface area contributed by atoms with Crippen LogP contribution in [0.5, 0.6) is 0 Å². The van der Waals surface area contributed by atoms with E-state index in [0.29, 0.717) is 12.8 Å². The molecule has 0 aliphatic carbocycles. The van der Waals surface area contributed by atoms with E-state index in [9.17, 15) is 33.9 Å². The van der Waals surface area contributed by atoms with Crippen LogP contribution in [0.4, 0.5) is 0 Å². The minimum absolute atomic E-state index is 0.0217. The molecule has 294 valence electrons.